The SMILES string of the molecule is COCc1cc(CN2CCN(Cc3nccn3C)CC2)ccc1OC. The normalized spacial score (nSPS) is 16.3. The molecule has 0 N–H and O–H groups in total. The Balaban J connectivity index is 1.53. The average molecular weight is 344 g/mol. The number of benzene rings is 1. The van der Waals surface area contributed by atoms with Crippen molar-refractivity contribution in [1.29, 1.82) is 0 Å². The Hall–Kier alpha value is -1.89. The van der Waals surface area contributed by atoms with Gasteiger partial charge in [0.1, 0.15) is 11.6 Å². The number of ether oxygens (including phenoxy) is 2. The van der Waals surface area contributed by atoms with Gasteiger partial charge in [0, 0.05) is 64.8 Å². The molecule has 136 valence electrons. The van der Waals surface area contributed by atoms with Gasteiger partial charge in [-0.1, -0.05) is 6.07 Å². The van der Waals surface area contributed by atoms with Crippen molar-refractivity contribution in [3.05, 3.63) is 47.5 Å². The lowest BCUT2D eigenvalue weighted by Crippen LogP contribution is -2.45. The first-order chi connectivity index (χ1) is 12.2. The van der Waals surface area contributed by atoms with Crippen molar-refractivity contribution in [1.82, 2.24) is 19.4 Å². The van der Waals surface area contributed by atoms with Crippen molar-refractivity contribution in [2.75, 3.05) is 40.4 Å². The van der Waals surface area contributed by atoms with E-state index in [4.69, 9.17) is 9.47 Å². The van der Waals surface area contributed by atoms with Crippen LogP contribution in [-0.2, 0) is 31.5 Å². The van der Waals surface area contributed by atoms with E-state index in [-0.39, 0.29) is 0 Å². The van der Waals surface area contributed by atoms with Crippen LogP contribution in [0.25, 0.3) is 0 Å². The van der Waals surface area contributed by atoms with Crippen LogP contribution in [0.2, 0.25) is 0 Å². The highest BCUT2D eigenvalue weighted by Crippen LogP contribution is 2.22. The Kier molecular flexibility index (Phi) is 6.07. The third kappa shape index (κ3) is 4.60. The lowest BCUT2D eigenvalue weighted by atomic mass is 10.1. The van der Waals surface area contributed by atoms with Crippen LogP contribution in [0.3, 0.4) is 0 Å². The molecule has 6 heteroatoms. The number of aryl methyl sites for hydroxylation is 1. The molecule has 2 aromatic rings. The fraction of sp³-hybridized carbons (Fsp3) is 0.526. The highest BCUT2D eigenvalue weighted by atomic mass is 16.5. The molecule has 25 heavy (non-hydrogen) atoms. The monoisotopic (exact) mass is 344 g/mol. The minimum atomic E-state index is 0.578. The summed E-state index contributed by atoms with van der Waals surface area (Å²) >= 11 is 0. The first-order valence-electron chi connectivity index (χ1n) is 8.75. The number of hydrogen-bond acceptors (Lipinski definition) is 5. The van der Waals surface area contributed by atoms with Crippen LogP contribution < -0.4 is 4.74 Å². The van der Waals surface area contributed by atoms with Crippen LogP contribution in [0, 0.1) is 0 Å². The molecule has 0 atom stereocenters. The largest absolute Gasteiger partial charge is 0.496 e. The number of hydrogen-bond donors (Lipinski definition) is 0. The number of methoxy groups -OCH3 is 2. The van der Waals surface area contributed by atoms with Crippen molar-refractivity contribution < 1.29 is 9.47 Å². The summed E-state index contributed by atoms with van der Waals surface area (Å²) in [7, 11) is 5.47. The molecule has 3 rings (SSSR count). The molecule has 0 amide bonds. The van der Waals surface area contributed by atoms with Gasteiger partial charge < -0.3 is 14.0 Å². The zero-order valence-corrected chi connectivity index (χ0v) is 15.4. The summed E-state index contributed by atoms with van der Waals surface area (Å²) in [5, 5.41) is 0. The standard InChI is InChI=1S/C19H28N4O2/c1-21-7-6-20-19(21)14-23-10-8-22(9-11-23)13-16-4-5-18(25-3)17(12-16)15-24-2/h4-7,12H,8-11,13-15H2,1-3H3. The van der Waals surface area contributed by atoms with Gasteiger partial charge in [0.25, 0.3) is 0 Å². The number of aromatic nitrogens is 2. The van der Waals surface area contributed by atoms with Crippen LogP contribution in [0.1, 0.15) is 17.0 Å². The Morgan fingerprint density at radius 1 is 1.04 bits per heavy atom. The summed E-state index contributed by atoms with van der Waals surface area (Å²) in [4.78, 5) is 9.41. The number of nitrogens with zero attached hydrogens (tertiary/aromatic N) is 4. The average Bonchev–Trinajstić information content (AvgIpc) is 3.02. The summed E-state index contributed by atoms with van der Waals surface area (Å²) in [6.07, 6.45) is 3.87. The van der Waals surface area contributed by atoms with Gasteiger partial charge in [-0.05, 0) is 17.7 Å². The van der Waals surface area contributed by atoms with E-state index in [1.165, 1.54) is 5.56 Å². The van der Waals surface area contributed by atoms with E-state index in [0.29, 0.717) is 6.61 Å². The van der Waals surface area contributed by atoms with Crippen molar-refractivity contribution in [3.8, 4) is 5.75 Å². The van der Waals surface area contributed by atoms with Gasteiger partial charge in [0.05, 0.1) is 20.3 Å². The molecule has 0 saturated carbocycles. The maximum Gasteiger partial charge on any atom is 0.124 e. The first kappa shape index (κ1) is 17.9. The van der Waals surface area contributed by atoms with Crippen LogP contribution in [0.4, 0.5) is 0 Å². The van der Waals surface area contributed by atoms with Crippen molar-refractivity contribution in [2.45, 2.75) is 19.7 Å². The summed E-state index contributed by atoms with van der Waals surface area (Å²) in [5.41, 5.74) is 2.42. The Bertz CT molecular complexity index is 678. The molecule has 6 nitrogen and oxygen atoms in total. The molecule has 1 aromatic heterocycles. The molecule has 0 aliphatic carbocycles. The van der Waals surface area contributed by atoms with Gasteiger partial charge in [-0.25, -0.2) is 4.98 Å². The fourth-order valence-electron chi connectivity index (χ4n) is 3.31. The predicted molar refractivity (Wildman–Crippen MR) is 97.5 cm³/mol. The second-order valence-corrected chi connectivity index (χ2v) is 6.59. The minimum absolute atomic E-state index is 0.578. The van der Waals surface area contributed by atoms with Crippen molar-refractivity contribution in [2.24, 2.45) is 7.05 Å². The number of rotatable bonds is 7. The third-order valence-electron chi connectivity index (χ3n) is 4.80. The summed E-state index contributed by atoms with van der Waals surface area (Å²) in [6.45, 7) is 6.79. The van der Waals surface area contributed by atoms with E-state index in [1.54, 1.807) is 14.2 Å². The zero-order valence-electron chi connectivity index (χ0n) is 15.4. The van der Waals surface area contributed by atoms with Crippen molar-refractivity contribution >= 4 is 0 Å². The van der Waals surface area contributed by atoms with E-state index in [9.17, 15) is 0 Å². The van der Waals surface area contributed by atoms with Crippen LogP contribution >= 0.6 is 0 Å². The Labute approximate surface area is 150 Å². The second-order valence-electron chi connectivity index (χ2n) is 6.59. The zero-order chi connectivity index (χ0) is 17.6. The van der Waals surface area contributed by atoms with Crippen LogP contribution in [-0.4, -0.2) is 59.7 Å². The van der Waals surface area contributed by atoms with Crippen molar-refractivity contribution in [3.63, 3.8) is 0 Å². The molecule has 1 fully saturated rings. The maximum absolute atomic E-state index is 5.41. The lowest BCUT2D eigenvalue weighted by molar-refractivity contribution is 0.119. The molecule has 0 radical (unpaired) electrons. The van der Waals surface area contributed by atoms with Gasteiger partial charge in [-0.2, -0.15) is 0 Å². The minimum Gasteiger partial charge on any atom is -0.496 e. The summed E-state index contributed by atoms with van der Waals surface area (Å²) < 4.78 is 12.8. The maximum atomic E-state index is 5.41. The molecule has 0 unspecified atom stereocenters. The smallest absolute Gasteiger partial charge is 0.124 e. The van der Waals surface area contributed by atoms with Gasteiger partial charge >= 0.3 is 0 Å². The molecule has 0 bridgehead atoms. The van der Waals surface area contributed by atoms with Gasteiger partial charge in [0.2, 0.25) is 0 Å². The highest BCUT2D eigenvalue weighted by molar-refractivity contribution is 5.37. The summed E-state index contributed by atoms with van der Waals surface area (Å²) in [5.74, 6) is 2.03. The van der Waals surface area contributed by atoms with E-state index < -0.39 is 0 Å². The molecule has 1 aliphatic rings. The Morgan fingerprint density at radius 2 is 1.76 bits per heavy atom. The molecule has 1 aliphatic heterocycles. The second kappa shape index (κ2) is 8.47. The quantitative estimate of drug-likeness (QED) is 0.767. The lowest BCUT2D eigenvalue weighted by Gasteiger charge is -2.34. The molecular formula is C19H28N4O2. The Morgan fingerprint density at radius 3 is 2.36 bits per heavy atom. The molecule has 0 spiro atoms. The molecule has 2 heterocycles. The molecule has 1 aromatic carbocycles. The van der Waals surface area contributed by atoms with Gasteiger partial charge in [-0.15, -0.1) is 0 Å². The summed E-state index contributed by atoms with van der Waals surface area (Å²) in [6, 6.07) is 6.39. The fourth-order valence-corrected chi connectivity index (χ4v) is 3.31. The molecular weight excluding hydrogens is 316 g/mol. The van der Waals surface area contributed by atoms with E-state index in [0.717, 1.165) is 56.4 Å². The van der Waals surface area contributed by atoms with E-state index in [1.807, 2.05) is 18.5 Å². The topological polar surface area (TPSA) is 42.8 Å². The first-order valence-corrected chi connectivity index (χ1v) is 8.75. The molecule has 1 saturated heterocycles. The van der Waals surface area contributed by atoms with E-state index in [2.05, 4.69) is 38.5 Å². The van der Waals surface area contributed by atoms with Crippen LogP contribution in [0.15, 0.2) is 30.6 Å². The number of piperazine rings is 1. The van der Waals surface area contributed by atoms with Crippen LogP contribution in [0.5, 0.6) is 5.75 Å². The van der Waals surface area contributed by atoms with E-state index >= 15 is 0 Å². The number of imidazole rings is 1. The third-order valence-corrected chi connectivity index (χ3v) is 4.80. The van der Waals surface area contributed by atoms with Gasteiger partial charge in [-0.3, -0.25) is 9.80 Å². The predicted octanol–water partition coefficient (Wildman–Crippen LogP) is 1.89. The van der Waals surface area contributed by atoms with Gasteiger partial charge in [0.15, 0.2) is 0 Å². The highest BCUT2D eigenvalue weighted by Gasteiger charge is 2.18.